The van der Waals surface area contributed by atoms with Gasteiger partial charge in [-0.2, -0.15) is 0 Å². The second-order valence-corrected chi connectivity index (χ2v) is 4.32. The zero-order chi connectivity index (χ0) is 11.6. The summed E-state index contributed by atoms with van der Waals surface area (Å²) in [6.07, 6.45) is 0. The van der Waals surface area contributed by atoms with Crippen molar-refractivity contribution in [2.45, 2.75) is 5.25 Å². The third-order valence-electron chi connectivity index (χ3n) is 1.74. The predicted octanol–water partition coefficient (Wildman–Crippen LogP) is -3.53. The number of primary amides is 1. The second-order valence-electron chi connectivity index (χ2n) is 2.87. The Morgan fingerprint density at radius 3 is 2.06 bits per heavy atom. The van der Waals surface area contributed by atoms with Crippen LogP contribution in [0.25, 0.3) is 0 Å². The Bertz CT molecular complexity index is 470. The number of aromatic hydroxyl groups is 1. The van der Waals surface area contributed by atoms with E-state index < -0.39 is 21.3 Å². The standard InChI is InChI=1S/C8H9NO5S.K/c9-8(11)7(15(12,13)14)5-1-3-6(10)4-2-5;/h1-4,7,10H,(H2,9,11)(H,12,13,14);/q;+1/p-1. The van der Waals surface area contributed by atoms with E-state index in [2.05, 4.69) is 0 Å². The van der Waals surface area contributed by atoms with Gasteiger partial charge in [0.15, 0.2) is 5.25 Å². The third kappa shape index (κ3) is 4.13. The summed E-state index contributed by atoms with van der Waals surface area (Å²) < 4.78 is 32.2. The van der Waals surface area contributed by atoms with Crippen LogP contribution in [0, 0.1) is 0 Å². The first kappa shape index (κ1) is 16.0. The van der Waals surface area contributed by atoms with Gasteiger partial charge in [0.05, 0.1) is 0 Å². The van der Waals surface area contributed by atoms with Crippen molar-refractivity contribution >= 4 is 16.0 Å². The van der Waals surface area contributed by atoms with Crippen LogP contribution in [0.15, 0.2) is 24.3 Å². The number of benzene rings is 1. The van der Waals surface area contributed by atoms with Gasteiger partial charge < -0.3 is 15.4 Å². The summed E-state index contributed by atoms with van der Waals surface area (Å²) in [5.41, 5.74) is 4.75. The Balaban J connectivity index is 0.00000225. The molecule has 3 N–H and O–H groups in total. The molecule has 8 heteroatoms. The van der Waals surface area contributed by atoms with Gasteiger partial charge in [-0.1, -0.05) is 12.1 Å². The first-order valence-corrected chi connectivity index (χ1v) is 5.32. The summed E-state index contributed by atoms with van der Waals surface area (Å²) in [6, 6.07) is 4.63. The van der Waals surface area contributed by atoms with Crippen molar-refractivity contribution in [2.75, 3.05) is 0 Å². The summed E-state index contributed by atoms with van der Waals surface area (Å²) in [7, 11) is -4.84. The van der Waals surface area contributed by atoms with Crippen molar-refractivity contribution in [3.8, 4) is 5.75 Å². The number of hydrogen-bond acceptors (Lipinski definition) is 5. The minimum absolute atomic E-state index is 0. The largest absolute Gasteiger partial charge is 1.00 e. The third-order valence-corrected chi connectivity index (χ3v) is 2.82. The van der Waals surface area contributed by atoms with E-state index in [1.807, 2.05) is 0 Å². The molecule has 0 aliphatic heterocycles. The maximum Gasteiger partial charge on any atom is 1.00 e. The Kier molecular flexibility index (Phi) is 6.11. The van der Waals surface area contributed by atoms with E-state index in [9.17, 15) is 17.8 Å². The summed E-state index contributed by atoms with van der Waals surface area (Å²) in [6.45, 7) is 0. The van der Waals surface area contributed by atoms with Crippen LogP contribution in [0.5, 0.6) is 5.75 Å². The van der Waals surface area contributed by atoms with Gasteiger partial charge in [-0.05, 0) is 17.7 Å². The van der Waals surface area contributed by atoms with Gasteiger partial charge in [-0.3, -0.25) is 4.79 Å². The van der Waals surface area contributed by atoms with E-state index in [0.717, 1.165) is 24.3 Å². The molecule has 0 aliphatic rings. The summed E-state index contributed by atoms with van der Waals surface area (Å²) in [4.78, 5) is 10.8. The molecule has 0 saturated carbocycles. The van der Waals surface area contributed by atoms with Crippen molar-refractivity contribution in [1.82, 2.24) is 0 Å². The number of phenols is 1. The molecule has 82 valence electrons. The molecule has 16 heavy (non-hydrogen) atoms. The average Bonchev–Trinajstić information content (AvgIpc) is 2.05. The van der Waals surface area contributed by atoms with Crippen molar-refractivity contribution < 1.29 is 74.3 Å². The fourth-order valence-corrected chi connectivity index (χ4v) is 1.90. The van der Waals surface area contributed by atoms with Crippen molar-refractivity contribution in [2.24, 2.45) is 5.73 Å². The second kappa shape index (κ2) is 6.10. The van der Waals surface area contributed by atoms with E-state index in [0.29, 0.717) is 0 Å². The van der Waals surface area contributed by atoms with E-state index in [1.165, 1.54) is 0 Å². The van der Waals surface area contributed by atoms with Gasteiger partial charge in [-0.15, -0.1) is 0 Å². The number of nitrogens with two attached hydrogens (primary N) is 1. The maximum absolute atomic E-state index is 10.8. The maximum atomic E-state index is 10.8. The minimum Gasteiger partial charge on any atom is -0.747 e. The minimum atomic E-state index is -4.84. The molecule has 0 saturated heterocycles. The summed E-state index contributed by atoms with van der Waals surface area (Å²) >= 11 is 0. The molecule has 1 aromatic rings. The Labute approximate surface area is 135 Å². The smallest absolute Gasteiger partial charge is 0.747 e. The number of hydrogen-bond donors (Lipinski definition) is 2. The molecule has 1 unspecified atom stereocenters. The van der Waals surface area contributed by atoms with Crippen LogP contribution in [0.1, 0.15) is 10.8 Å². The number of carbonyl (C=O) groups excluding carboxylic acids is 1. The van der Waals surface area contributed by atoms with Crippen LogP contribution >= 0.6 is 0 Å². The predicted molar refractivity (Wildman–Crippen MR) is 49.7 cm³/mol. The quantitative estimate of drug-likeness (QED) is 0.435. The molecule has 0 bridgehead atoms. The first-order chi connectivity index (χ1) is 6.82. The molecule has 1 atom stereocenters. The molecule has 0 aliphatic carbocycles. The van der Waals surface area contributed by atoms with Gasteiger partial charge in [-0.25, -0.2) is 8.42 Å². The number of amides is 1. The van der Waals surface area contributed by atoms with Crippen molar-refractivity contribution in [3.05, 3.63) is 29.8 Å². The SMILES string of the molecule is NC(=O)C(c1ccc(O)cc1)S(=O)(=O)[O-].[K+]. The Morgan fingerprint density at radius 1 is 1.31 bits per heavy atom. The zero-order valence-corrected chi connectivity index (χ0v) is 12.4. The number of rotatable bonds is 3. The fraction of sp³-hybridized carbons (Fsp3) is 0.125. The monoisotopic (exact) mass is 269 g/mol. The van der Waals surface area contributed by atoms with Crippen LogP contribution in [0.3, 0.4) is 0 Å². The molecule has 1 rings (SSSR count). The van der Waals surface area contributed by atoms with E-state index >= 15 is 0 Å². The van der Waals surface area contributed by atoms with Gasteiger partial charge in [0.2, 0.25) is 5.91 Å². The summed E-state index contributed by atoms with van der Waals surface area (Å²) in [5.74, 6) is -1.35. The van der Waals surface area contributed by atoms with Crippen LogP contribution in [0.2, 0.25) is 0 Å². The molecule has 0 spiro atoms. The van der Waals surface area contributed by atoms with Gasteiger partial charge in [0.1, 0.15) is 15.9 Å². The molecule has 0 aromatic heterocycles. The Hall–Kier alpha value is 0.0364. The van der Waals surface area contributed by atoms with Gasteiger partial charge in [0.25, 0.3) is 0 Å². The van der Waals surface area contributed by atoms with E-state index in [4.69, 9.17) is 10.8 Å². The normalized spacial score (nSPS) is 12.6. The van der Waals surface area contributed by atoms with Crippen molar-refractivity contribution in [3.63, 3.8) is 0 Å². The molecule has 1 amide bonds. The zero-order valence-electron chi connectivity index (χ0n) is 8.45. The van der Waals surface area contributed by atoms with Gasteiger partial charge in [0, 0.05) is 0 Å². The van der Waals surface area contributed by atoms with E-state index in [-0.39, 0.29) is 62.7 Å². The van der Waals surface area contributed by atoms with Crippen LogP contribution in [0.4, 0.5) is 0 Å². The molecule has 6 nitrogen and oxygen atoms in total. The van der Waals surface area contributed by atoms with Crippen LogP contribution in [-0.2, 0) is 14.9 Å². The number of phenolic OH excluding ortho intramolecular Hbond substituents is 1. The topological polar surface area (TPSA) is 121 Å². The molecule has 0 fully saturated rings. The van der Waals surface area contributed by atoms with Gasteiger partial charge >= 0.3 is 51.4 Å². The first-order valence-electron chi connectivity index (χ1n) is 3.85. The van der Waals surface area contributed by atoms with Crippen LogP contribution in [-0.4, -0.2) is 24.0 Å². The van der Waals surface area contributed by atoms with Crippen LogP contribution < -0.4 is 57.1 Å². The summed E-state index contributed by atoms with van der Waals surface area (Å²) in [5, 5.41) is 7.02. The molecular formula is C8H8KNO5S. The molecule has 0 heterocycles. The van der Waals surface area contributed by atoms with Crippen molar-refractivity contribution in [1.29, 1.82) is 0 Å². The molecular weight excluding hydrogens is 261 g/mol. The fourth-order valence-electron chi connectivity index (χ4n) is 1.12. The molecule has 1 aromatic carbocycles. The van der Waals surface area contributed by atoms with E-state index in [1.54, 1.807) is 0 Å². The molecule has 0 radical (unpaired) electrons. The Morgan fingerprint density at radius 2 is 1.75 bits per heavy atom. The average molecular weight is 269 g/mol. The number of carbonyl (C=O) groups is 1.